The van der Waals surface area contributed by atoms with Gasteiger partial charge in [-0.2, -0.15) is 0 Å². The predicted molar refractivity (Wildman–Crippen MR) is 83.1 cm³/mol. The minimum absolute atomic E-state index is 1.11. The molecule has 3 aliphatic rings. The summed E-state index contributed by atoms with van der Waals surface area (Å²) in [4.78, 5) is 0. The lowest BCUT2D eigenvalue weighted by Crippen LogP contribution is -2.26. The van der Waals surface area contributed by atoms with Gasteiger partial charge in [0.25, 0.3) is 0 Å². The second-order valence-electron chi connectivity index (χ2n) is 7.90. The van der Waals surface area contributed by atoms with Gasteiger partial charge in [0.2, 0.25) is 0 Å². The number of hydrogen-bond donors (Lipinski definition) is 0. The minimum Gasteiger partial charge on any atom is -0.0654 e. The van der Waals surface area contributed by atoms with Crippen molar-refractivity contribution < 1.29 is 0 Å². The third-order valence-electron chi connectivity index (χ3n) is 6.74. The Labute approximate surface area is 120 Å². The van der Waals surface area contributed by atoms with Crippen molar-refractivity contribution in [2.24, 2.45) is 29.6 Å². The van der Waals surface area contributed by atoms with Gasteiger partial charge in [-0.3, -0.25) is 0 Å². The molecule has 0 aromatic rings. The van der Waals surface area contributed by atoms with E-state index >= 15 is 0 Å². The van der Waals surface area contributed by atoms with E-state index in [0.29, 0.717) is 0 Å². The molecule has 110 valence electrons. The Morgan fingerprint density at radius 1 is 0.737 bits per heavy atom. The molecule has 3 saturated carbocycles. The molecule has 0 aromatic carbocycles. The van der Waals surface area contributed by atoms with E-state index in [4.69, 9.17) is 0 Å². The molecule has 19 heavy (non-hydrogen) atoms. The predicted octanol–water partition coefficient (Wildman–Crippen LogP) is 6.20. The number of fused-ring (bicyclic) bond motifs is 3. The van der Waals surface area contributed by atoms with Crippen molar-refractivity contribution in [1.82, 2.24) is 0 Å². The molecule has 0 aromatic heterocycles. The van der Waals surface area contributed by atoms with Crippen molar-refractivity contribution in [3.63, 3.8) is 0 Å². The maximum absolute atomic E-state index is 2.32. The van der Waals surface area contributed by atoms with Crippen LogP contribution in [0, 0.1) is 29.6 Å². The van der Waals surface area contributed by atoms with Gasteiger partial charge >= 0.3 is 0 Å². The van der Waals surface area contributed by atoms with Crippen molar-refractivity contribution in [3.05, 3.63) is 0 Å². The van der Waals surface area contributed by atoms with E-state index in [2.05, 4.69) is 6.92 Å². The van der Waals surface area contributed by atoms with Crippen LogP contribution in [0.4, 0.5) is 0 Å². The van der Waals surface area contributed by atoms with E-state index in [-0.39, 0.29) is 0 Å². The van der Waals surface area contributed by atoms with Crippen molar-refractivity contribution in [3.8, 4) is 0 Å². The first-order chi connectivity index (χ1) is 9.38. The Morgan fingerprint density at radius 3 is 2.47 bits per heavy atom. The van der Waals surface area contributed by atoms with E-state index < -0.39 is 0 Å². The van der Waals surface area contributed by atoms with Crippen LogP contribution in [0.5, 0.6) is 0 Å². The molecule has 0 N–H and O–H groups in total. The molecule has 0 spiro atoms. The Hall–Kier alpha value is 0. The van der Waals surface area contributed by atoms with E-state index in [1.165, 1.54) is 31.6 Å². The van der Waals surface area contributed by atoms with E-state index in [9.17, 15) is 0 Å². The van der Waals surface area contributed by atoms with Gasteiger partial charge in [-0.05, 0) is 55.3 Å². The van der Waals surface area contributed by atoms with Crippen LogP contribution in [0.15, 0.2) is 0 Å². The lowest BCUT2D eigenvalue weighted by Gasteiger charge is -2.36. The molecular formula is C19H34. The molecule has 0 amide bonds. The molecular weight excluding hydrogens is 228 g/mol. The lowest BCUT2D eigenvalue weighted by molar-refractivity contribution is 0.148. The normalized spacial score (nSPS) is 41.8. The monoisotopic (exact) mass is 262 g/mol. The van der Waals surface area contributed by atoms with Crippen LogP contribution in [-0.2, 0) is 0 Å². The van der Waals surface area contributed by atoms with Gasteiger partial charge in [-0.15, -0.1) is 0 Å². The van der Waals surface area contributed by atoms with Crippen LogP contribution in [0.1, 0.15) is 90.4 Å². The van der Waals surface area contributed by atoms with Gasteiger partial charge in [-0.1, -0.05) is 64.7 Å². The summed E-state index contributed by atoms with van der Waals surface area (Å²) in [5.41, 5.74) is 0. The van der Waals surface area contributed by atoms with E-state index in [1.807, 2.05) is 0 Å². The highest BCUT2D eigenvalue weighted by molar-refractivity contribution is 4.95. The largest absolute Gasteiger partial charge is 0.0654 e. The summed E-state index contributed by atoms with van der Waals surface area (Å²) >= 11 is 0. The van der Waals surface area contributed by atoms with Crippen LogP contribution >= 0.6 is 0 Å². The maximum Gasteiger partial charge on any atom is -0.0354 e. The van der Waals surface area contributed by atoms with Crippen molar-refractivity contribution in [1.29, 1.82) is 0 Å². The minimum atomic E-state index is 1.11. The molecule has 0 aliphatic heterocycles. The quantitative estimate of drug-likeness (QED) is 0.517. The highest BCUT2D eigenvalue weighted by atomic mass is 14.5. The molecule has 0 bridgehead atoms. The Balaban J connectivity index is 1.46. The van der Waals surface area contributed by atoms with E-state index in [0.717, 1.165) is 23.7 Å². The smallest absolute Gasteiger partial charge is 0.0354 e. The fourth-order valence-electron chi connectivity index (χ4n) is 5.82. The van der Waals surface area contributed by atoms with Gasteiger partial charge in [0.15, 0.2) is 0 Å². The lowest BCUT2D eigenvalue weighted by atomic mass is 9.70. The molecule has 5 atom stereocenters. The third kappa shape index (κ3) is 3.19. The zero-order chi connectivity index (χ0) is 13.1. The van der Waals surface area contributed by atoms with Gasteiger partial charge in [0.1, 0.15) is 0 Å². The zero-order valence-electron chi connectivity index (χ0n) is 13.1. The Bertz CT molecular complexity index is 269. The van der Waals surface area contributed by atoms with Crippen molar-refractivity contribution in [2.75, 3.05) is 0 Å². The second-order valence-corrected chi connectivity index (χ2v) is 7.90. The van der Waals surface area contributed by atoms with Crippen molar-refractivity contribution >= 4 is 0 Å². The highest BCUT2D eigenvalue weighted by Gasteiger charge is 2.45. The molecule has 0 nitrogen and oxygen atoms in total. The molecule has 3 aliphatic carbocycles. The summed E-state index contributed by atoms with van der Waals surface area (Å²) < 4.78 is 0. The van der Waals surface area contributed by atoms with Gasteiger partial charge < -0.3 is 0 Å². The summed E-state index contributed by atoms with van der Waals surface area (Å²) in [7, 11) is 0. The summed E-state index contributed by atoms with van der Waals surface area (Å²) in [6.07, 6.45) is 20.1. The first kappa shape index (κ1) is 14.0. The average Bonchev–Trinajstić information content (AvgIpc) is 2.81. The fourth-order valence-corrected chi connectivity index (χ4v) is 5.82. The third-order valence-corrected chi connectivity index (χ3v) is 6.74. The average molecular weight is 262 g/mol. The van der Waals surface area contributed by atoms with Gasteiger partial charge in [0.05, 0.1) is 0 Å². The van der Waals surface area contributed by atoms with Gasteiger partial charge in [-0.25, -0.2) is 0 Å². The second kappa shape index (κ2) is 6.64. The van der Waals surface area contributed by atoms with Crippen LogP contribution in [0.3, 0.4) is 0 Å². The van der Waals surface area contributed by atoms with Crippen LogP contribution in [-0.4, -0.2) is 0 Å². The Morgan fingerprint density at radius 2 is 1.58 bits per heavy atom. The topological polar surface area (TPSA) is 0 Å². The standard InChI is InChI=1S/C19H34/c1-2-3-4-5-8-15-11-12-19-17(13-15)14-16-9-6-7-10-18(16)19/h15-19H,2-14H2,1H3. The number of hydrogen-bond acceptors (Lipinski definition) is 0. The molecule has 0 saturated heterocycles. The van der Waals surface area contributed by atoms with Crippen LogP contribution in [0.25, 0.3) is 0 Å². The van der Waals surface area contributed by atoms with Crippen LogP contribution in [0.2, 0.25) is 0 Å². The SMILES string of the molecule is CCCCCCC1CCC2C(C1)CC1CCCCC12. The summed E-state index contributed by atoms with van der Waals surface area (Å²) in [6.45, 7) is 2.32. The van der Waals surface area contributed by atoms with Gasteiger partial charge in [0, 0.05) is 0 Å². The Kier molecular flexibility index (Phi) is 4.87. The summed E-state index contributed by atoms with van der Waals surface area (Å²) in [5.74, 6) is 5.75. The molecule has 3 rings (SSSR count). The summed E-state index contributed by atoms with van der Waals surface area (Å²) in [5, 5.41) is 0. The molecule has 3 fully saturated rings. The van der Waals surface area contributed by atoms with Crippen LogP contribution < -0.4 is 0 Å². The molecule has 5 unspecified atom stereocenters. The van der Waals surface area contributed by atoms with E-state index in [1.54, 1.807) is 57.8 Å². The maximum atomic E-state index is 2.32. The molecule has 0 heterocycles. The van der Waals surface area contributed by atoms with Crippen molar-refractivity contribution in [2.45, 2.75) is 90.4 Å². The number of unbranched alkanes of at least 4 members (excludes halogenated alkanes) is 3. The number of rotatable bonds is 5. The first-order valence-corrected chi connectivity index (χ1v) is 9.38. The fraction of sp³-hybridized carbons (Fsp3) is 1.00. The first-order valence-electron chi connectivity index (χ1n) is 9.38. The molecule has 0 heteroatoms. The summed E-state index contributed by atoms with van der Waals surface area (Å²) in [6, 6.07) is 0. The zero-order valence-corrected chi connectivity index (χ0v) is 13.1. The highest BCUT2D eigenvalue weighted by Crippen LogP contribution is 2.55. The molecule has 0 radical (unpaired) electrons.